The zero-order valence-corrected chi connectivity index (χ0v) is 13.4. The van der Waals surface area contributed by atoms with E-state index in [4.69, 9.17) is 0 Å². The zero-order chi connectivity index (χ0) is 16.9. The minimum Gasteiger partial charge on any atom is -0.289 e. The van der Waals surface area contributed by atoms with E-state index in [1.54, 1.807) is 7.05 Å². The summed E-state index contributed by atoms with van der Waals surface area (Å²) in [5, 5.41) is 1.52. The van der Waals surface area contributed by atoms with Crippen molar-refractivity contribution in [3.63, 3.8) is 0 Å². The number of benzene rings is 2. The molecule has 1 N–H and O–H groups in total. The highest BCUT2D eigenvalue weighted by molar-refractivity contribution is 7.91. The van der Waals surface area contributed by atoms with Crippen molar-refractivity contribution in [2.75, 3.05) is 17.8 Å². The molecule has 0 aliphatic rings. The van der Waals surface area contributed by atoms with Gasteiger partial charge in [0.15, 0.2) is 9.84 Å². The number of anilines is 1. The summed E-state index contributed by atoms with van der Waals surface area (Å²) >= 11 is 0. The minimum absolute atomic E-state index is 0.00288. The third-order valence-corrected chi connectivity index (χ3v) is 4.94. The molecule has 0 saturated heterocycles. The van der Waals surface area contributed by atoms with Crippen LogP contribution in [-0.4, -0.2) is 27.1 Å². The average Bonchev–Trinajstić information content (AvgIpc) is 2.54. The first-order valence-electron chi connectivity index (χ1n) is 6.95. The monoisotopic (exact) mass is 336 g/mol. The number of carbonyl (C=O) groups excluding carboxylic acids is 1. The molecule has 1 amide bonds. The van der Waals surface area contributed by atoms with Gasteiger partial charge in [0.2, 0.25) is 5.91 Å². The Kier molecular flexibility index (Phi) is 5.33. The molecule has 5 nitrogen and oxygen atoms in total. The van der Waals surface area contributed by atoms with Crippen molar-refractivity contribution < 1.29 is 17.6 Å². The Morgan fingerprint density at radius 1 is 1.09 bits per heavy atom. The highest BCUT2D eigenvalue weighted by Crippen LogP contribution is 2.13. The standard InChI is InChI=1S/C16H17FN2O3S/c1-19(14-5-3-2-4-6-14)18-16(20)11-12-23(21,22)15-9-7-13(17)8-10-15/h2-10H,11-12H2,1H3,(H,18,20). The SMILES string of the molecule is CN(NC(=O)CCS(=O)(=O)c1ccc(F)cc1)c1ccccc1. The maximum absolute atomic E-state index is 12.8. The van der Waals surface area contributed by atoms with E-state index in [-0.39, 0.29) is 17.1 Å². The van der Waals surface area contributed by atoms with Crippen molar-refractivity contribution in [1.82, 2.24) is 5.43 Å². The summed E-state index contributed by atoms with van der Waals surface area (Å²) in [5.74, 6) is -1.26. The summed E-state index contributed by atoms with van der Waals surface area (Å²) in [4.78, 5) is 11.9. The highest BCUT2D eigenvalue weighted by atomic mass is 32.2. The van der Waals surface area contributed by atoms with E-state index in [9.17, 15) is 17.6 Å². The number of carbonyl (C=O) groups is 1. The normalized spacial score (nSPS) is 11.0. The van der Waals surface area contributed by atoms with Crippen molar-refractivity contribution in [2.45, 2.75) is 11.3 Å². The number of nitrogens with zero attached hydrogens (tertiary/aromatic N) is 1. The van der Waals surface area contributed by atoms with Crippen molar-refractivity contribution in [3.05, 3.63) is 60.4 Å². The third-order valence-electron chi connectivity index (χ3n) is 3.21. The van der Waals surface area contributed by atoms with Crippen molar-refractivity contribution in [3.8, 4) is 0 Å². The van der Waals surface area contributed by atoms with Gasteiger partial charge in [0.25, 0.3) is 0 Å². The Morgan fingerprint density at radius 3 is 2.30 bits per heavy atom. The molecule has 0 unspecified atom stereocenters. The van der Waals surface area contributed by atoms with Crippen LogP contribution in [0, 0.1) is 5.82 Å². The second-order valence-electron chi connectivity index (χ2n) is 4.95. The molecule has 2 aromatic rings. The molecule has 0 fully saturated rings. The zero-order valence-electron chi connectivity index (χ0n) is 12.6. The van der Waals surface area contributed by atoms with Gasteiger partial charge in [0.05, 0.1) is 16.3 Å². The highest BCUT2D eigenvalue weighted by Gasteiger charge is 2.17. The molecule has 0 aromatic heterocycles. The van der Waals surface area contributed by atoms with Crippen molar-refractivity contribution >= 4 is 21.4 Å². The Morgan fingerprint density at radius 2 is 1.70 bits per heavy atom. The van der Waals surface area contributed by atoms with Gasteiger partial charge in [-0.3, -0.25) is 15.2 Å². The summed E-state index contributed by atoms with van der Waals surface area (Å²) in [6.45, 7) is 0. The van der Waals surface area contributed by atoms with Crippen LogP contribution >= 0.6 is 0 Å². The first-order chi connectivity index (χ1) is 10.9. The molecule has 0 aliphatic carbocycles. The fourth-order valence-electron chi connectivity index (χ4n) is 1.95. The second kappa shape index (κ2) is 7.23. The van der Waals surface area contributed by atoms with Crippen LogP contribution < -0.4 is 10.4 Å². The number of hydrogen-bond donors (Lipinski definition) is 1. The first kappa shape index (κ1) is 17.0. The molecule has 0 bridgehead atoms. The lowest BCUT2D eigenvalue weighted by atomic mass is 10.3. The van der Waals surface area contributed by atoms with Gasteiger partial charge in [0, 0.05) is 13.5 Å². The van der Waals surface area contributed by atoms with Crippen LogP contribution in [0.5, 0.6) is 0 Å². The number of para-hydroxylation sites is 1. The van der Waals surface area contributed by atoms with Crippen LogP contribution in [0.2, 0.25) is 0 Å². The van der Waals surface area contributed by atoms with Crippen LogP contribution in [0.15, 0.2) is 59.5 Å². The van der Waals surface area contributed by atoms with E-state index in [2.05, 4.69) is 5.43 Å². The lowest BCUT2D eigenvalue weighted by molar-refractivity contribution is -0.120. The first-order valence-corrected chi connectivity index (χ1v) is 8.60. The van der Waals surface area contributed by atoms with Gasteiger partial charge in [-0.1, -0.05) is 18.2 Å². The summed E-state index contributed by atoms with van der Waals surface area (Å²) in [6, 6.07) is 13.7. The Bertz CT molecular complexity index is 762. The van der Waals surface area contributed by atoms with E-state index >= 15 is 0 Å². The lowest BCUT2D eigenvalue weighted by Gasteiger charge is -2.20. The van der Waals surface area contributed by atoms with Gasteiger partial charge in [-0.2, -0.15) is 0 Å². The Balaban J connectivity index is 1.92. The summed E-state index contributed by atoms with van der Waals surface area (Å²) in [5.41, 5.74) is 3.38. The Hall–Kier alpha value is -2.41. The Labute approximate surface area is 134 Å². The fourth-order valence-corrected chi connectivity index (χ4v) is 3.19. The number of sulfone groups is 1. The van der Waals surface area contributed by atoms with Gasteiger partial charge >= 0.3 is 0 Å². The number of hydrazine groups is 1. The molecule has 7 heteroatoms. The minimum atomic E-state index is -3.62. The largest absolute Gasteiger partial charge is 0.289 e. The molecule has 2 aromatic carbocycles. The van der Waals surface area contributed by atoms with E-state index in [1.807, 2.05) is 30.3 Å². The molecule has 0 radical (unpaired) electrons. The molecule has 0 spiro atoms. The molecule has 2 rings (SSSR count). The van der Waals surface area contributed by atoms with Gasteiger partial charge in [-0.25, -0.2) is 12.8 Å². The van der Waals surface area contributed by atoms with Crippen LogP contribution in [0.4, 0.5) is 10.1 Å². The topological polar surface area (TPSA) is 66.5 Å². The molecule has 0 heterocycles. The molecule has 0 atom stereocenters. The van der Waals surface area contributed by atoms with Crippen LogP contribution in [0.1, 0.15) is 6.42 Å². The second-order valence-corrected chi connectivity index (χ2v) is 7.06. The van der Waals surface area contributed by atoms with Gasteiger partial charge in [-0.05, 0) is 36.4 Å². The van der Waals surface area contributed by atoms with Gasteiger partial charge in [0.1, 0.15) is 5.82 Å². The van der Waals surface area contributed by atoms with Crippen LogP contribution in [-0.2, 0) is 14.6 Å². The summed E-state index contributed by atoms with van der Waals surface area (Å²) < 4.78 is 37.0. The number of amides is 1. The maximum Gasteiger partial charge on any atom is 0.239 e. The maximum atomic E-state index is 12.8. The molecular formula is C16H17FN2O3S. The fraction of sp³-hybridized carbons (Fsp3) is 0.188. The number of halogens is 1. The number of nitrogens with one attached hydrogen (secondary N) is 1. The van der Waals surface area contributed by atoms with E-state index in [0.717, 1.165) is 17.8 Å². The van der Waals surface area contributed by atoms with E-state index in [0.29, 0.717) is 0 Å². The van der Waals surface area contributed by atoms with Crippen LogP contribution in [0.25, 0.3) is 0 Å². The third kappa shape index (κ3) is 4.79. The quantitative estimate of drug-likeness (QED) is 0.648. The molecule has 0 saturated carbocycles. The van der Waals surface area contributed by atoms with Crippen LogP contribution in [0.3, 0.4) is 0 Å². The van der Waals surface area contributed by atoms with E-state index < -0.39 is 21.6 Å². The van der Waals surface area contributed by atoms with E-state index in [1.165, 1.54) is 17.1 Å². The molecule has 23 heavy (non-hydrogen) atoms. The molecule has 122 valence electrons. The predicted molar refractivity (Wildman–Crippen MR) is 86.1 cm³/mol. The molecular weight excluding hydrogens is 319 g/mol. The van der Waals surface area contributed by atoms with Gasteiger partial charge < -0.3 is 0 Å². The summed E-state index contributed by atoms with van der Waals surface area (Å²) in [7, 11) is -1.95. The predicted octanol–water partition coefficient (Wildman–Crippen LogP) is 2.16. The number of hydrogen-bond acceptors (Lipinski definition) is 4. The number of rotatable bonds is 6. The van der Waals surface area contributed by atoms with Crippen molar-refractivity contribution in [1.29, 1.82) is 0 Å². The lowest BCUT2D eigenvalue weighted by Crippen LogP contribution is -2.40. The van der Waals surface area contributed by atoms with Crippen molar-refractivity contribution in [2.24, 2.45) is 0 Å². The smallest absolute Gasteiger partial charge is 0.239 e. The molecule has 0 aliphatic heterocycles. The summed E-state index contributed by atoms with van der Waals surface area (Å²) in [6.07, 6.45) is -0.184. The average molecular weight is 336 g/mol. The van der Waals surface area contributed by atoms with Gasteiger partial charge in [-0.15, -0.1) is 0 Å².